The molecule has 0 aliphatic carbocycles. The van der Waals surface area contributed by atoms with Gasteiger partial charge >= 0.3 is 0 Å². The molecule has 24 heavy (non-hydrogen) atoms. The van der Waals surface area contributed by atoms with Crippen LogP contribution < -0.4 is 9.47 Å². The highest BCUT2D eigenvalue weighted by Crippen LogP contribution is 2.48. The van der Waals surface area contributed by atoms with Gasteiger partial charge in [0.05, 0.1) is 28.6 Å². The molecule has 0 spiro atoms. The summed E-state index contributed by atoms with van der Waals surface area (Å²) in [6.07, 6.45) is 3.94. The second-order valence-electron chi connectivity index (χ2n) is 6.81. The molecule has 0 N–H and O–H groups in total. The molecule has 0 atom stereocenters. The zero-order valence-corrected chi connectivity index (χ0v) is 14.3. The van der Waals surface area contributed by atoms with Crippen molar-refractivity contribution < 1.29 is 8.98 Å². The van der Waals surface area contributed by atoms with Gasteiger partial charge in [0, 0.05) is 24.6 Å². The third-order valence-electron chi connectivity index (χ3n) is 5.32. The van der Waals surface area contributed by atoms with Crippen LogP contribution in [-0.4, -0.2) is 7.05 Å². The van der Waals surface area contributed by atoms with E-state index in [-0.39, 0.29) is 0 Å². The fraction of sp³-hybridized carbons (Fsp3) is 0.190. The van der Waals surface area contributed by atoms with Gasteiger partial charge in [-0.3, -0.25) is 0 Å². The Morgan fingerprint density at radius 2 is 1.88 bits per heavy atom. The minimum atomic E-state index is 0.948. The maximum Gasteiger partial charge on any atom is 0.224 e. The van der Waals surface area contributed by atoms with E-state index in [2.05, 4.69) is 73.9 Å². The highest BCUT2D eigenvalue weighted by molar-refractivity contribution is 6.12. The van der Waals surface area contributed by atoms with E-state index in [0.29, 0.717) is 0 Å². The third kappa shape index (κ3) is 1.54. The van der Waals surface area contributed by atoms with Crippen LogP contribution in [-0.2, 0) is 7.05 Å². The van der Waals surface area contributed by atoms with Crippen molar-refractivity contribution >= 4 is 33.1 Å². The fourth-order valence-corrected chi connectivity index (χ4v) is 4.15. The Bertz CT molecular complexity index is 1150. The first-order valence-corrected chi connectivity index (χ1v) is 8.24. The van der Waals surface area contributed by atoms with Crippen LogP contribution in [0.1, 0.15) is 11.1 Å². The summed E-state index contributed by atoms with van der Waals surface area (Å²) in [6, 6.07) is 11.0. The Labute approximate surface area is 140 Å². The molecule has 1 aliphatic heterocycles. The number of nitrogens with zero attached hydrogens (tertiary/aromatic N) is 2. The normalized spacial score (nSPS) is 12.9. The molecule has 0 amide bonds. The van der Waals surface area contributed by atoms with E-state index in [4.69, 9.17) is 4.42 Å². The number of hydrogen-bond donors (Lipinski definition) is 0. The molecule has 3 heterocycles. The molecule has 4 aromatic rings. The van der Waals surface area contributed by atoms with Gasteiger partial charge in [-0.25, -0.2) is 4.57 Å². The molecular weight excluding hydrogens is 296 g/mol. The van der Waals surface area contributed by atoms with Crippen molar-refractivity contribution in [3.05, 3.63) is 53.9 Å². The average molecular weight is 315 g/mol. The maximum absolute atomic E-state index is 5.69. The Balaban J connectivity index is 2.06. The number of fused-ring (bicyclic) bond motifs is 3. The number of anilines is 2. The Morgan fingerprint density at radius 1 is 1.04 bits per heavy atom. The lowest BCUT2D eigenvalue weighted by Crippen LogP contribution is -2.33. The second-order valence-corrected chi connectivity index (χ2v) is 6.81. The molecule has 0 saturated heterocycles. The van der Waals surface area contributed by atoms with Gasteiger partial charge in [0.25, 0.3) is 0 Å². The standard InChI is InChI=1S/C21H19N2O/c1-12-9-14-5-7-22(3)21-19-13(2)15-6-8-24-18(15)11-17(19)23(4)16(10-12)20(14)21/h5-11H,1-4H3/q+1. The molecule has 2 aromatic heterocycles. The first kappa shape index (κ1) is 13.6. The molecule has 0 bridgehead atoms. The van der Waals surface area contributed by atoms with Gasteiger partial charge in [-0.15, -0.1) is 0 Å². The number of benzene rings is 2. The predicted molar refractivity (Wildman–Crippen MR) is 97.9 cm³/mol. The van der Waals surface area contributed by atoms with Gasteiger partial charge in [-0.1, -0.05) is 6.07 Å². The molecule has 3 nitrogen and oxygen atoms in total. The van der Waals surface area contributed by atoms with Crippen LogP contribution in [0.3, 0.4) is 0 Å². The van der Waals surface area contributed by atoms with Gasteiger partial charge in [0.1, 0.15) is 12.6 Å². The Morgan fingerprint density at radius 3 is 2.71 bits per heavy atom. The van der Waals surface area contributed by atoms with Crippen molar-refractivity contribution in [1.29, 1.82) is 0 Å². The van der Waals surface area contributed by atoms with Crippen LogP contribution in [0.15, 0.2) is 47.2 Å². The van der Waals surface area contributed by atoms with Crippen molar-refractivity contribution in [3.63, 3.8) is 0 Å². The van der Waals surface area contributed by atoms with E-state index in [1.54, 1.807) is 6.26 Å². The second kappa shape index (κ2) is 4.38. The van der Waals surface area contributed by atoms with Crippen LogP contribution in [0.25, 0.3) is 33.0 Å². The van der Waals surface area contributed by atoms with Crippen molar-refractivity contribution in [1.82, 2.24) is 0 Å². The summed E-state index contributed by atoms with van der Waals surface area (Å²) < 4.78 is 7.94. The van der Waals surface area contributed by atoms with Crippen LogP contribution in [0.4, 0.5) is 11.4 Å². The Kier molecular flexibility index (Phi) is 2.49. The zero-order valence-electron chi connectivity index (χ0n) is 14.3. The lowest BCUT2D eigenvalue weighted by Gasteiger charge is -2.29. The first-order chi connectivity index (χ1) is 11.6. The highest BCUT2D eigenvalue weighted by atomic mass is 16.3. The van der Waals surface area contributed by atoms with Crippen molar-refractivity contribution in [2.75, 3.05) is 11.9 Å². The van der Waals surface area contributed by atoms with E-state index >= 15 is 0 Å². The van der Waals surface area contributed by atoms with Crippen LogP contribution in [0, 0.1) is 13.8 Å². The van der Waals surface area contributed by atoms with Crippen LogP contribution in [0.2, 0.25) is 0 Å². The minimum absolute atomic E-state index is 0.948. The summed E-state index contributed by atoms with van der Waals surface area (Å²) in [7, 11) is 4.28. The average Bonchev–Trinajstić information content (AvgIpc) is 3.02. The quantitative estimate of drug-likeness (QED) is 0.435. The van der Waals surface area contributed by atoms with E-state index < -0.39 is 0 Å². The van der Waals surface area contributed by atoms with Gasteiger partial charge in [-0.2, -0.15) is 0 Å². The monoisotopic (exact) mass is 315 g/mol. The van der Waals surface area contributed by atoms with E-state index in [1.165, 1.54) is 49.9 Å². The molecule has 3 heteroatoms. The molecular formula is C21H19N2O+. The van der Waals surface area contributed by atoms with E-state index in [9.17, 15) is 0 Å². The molecule has 0 radical (unpaired) electrons. The summed E-state index contributed by atoms with van der Waals surface area (Å²) in [5, 5.41) is 3.81. The van der Waals surface area contributed by atoms with Gasteiger partial charge < -0.3 is 9.32 Å². The van der Waals surface area contributed by atoms with Crippen molar-refractivity contribution in [2.24, 2.45) is 7.05 Å². The summed E-state index contributed by atoms with van der Waals surface area (Å²) in [4.78, 5) is 2.30. The van der Waals surface area contributed by atoms with Crippen molar-refractivity contribution in [3.8, 4) is 11.3 Å². The summed E-state index contributed by atoms with van der Waals surface area (Å²) in [5.74, 6) is 0. The number of furan rings is 1. The molecule has 5 rings (SSSR count). The van der Waals surface area contributed by atoms with Crippen molar-refractivity contribution in [2.45, 2.75) is 13.8 Å². The minimum Gasteiger partial charge on any atom is -0.464 e. The lowest BCUT2D eigenvalue weighted by molar-refractivity contribution is -0.659. The summed E-state index contributed by atoms with van der Waals surface area (Å²) in [5.41, 5.74) is 8.56. The summed E-state index contributed by atoms with van der Waals surface area (Å²) >= 11 is 0. The number of aryl methyl sites for hydroxylation is 3. The smallest absolute Gasteiger partial charge is 0.224 e. The van der Waals surface area contributed by atoms with Gasteiger partial charge in [0.15, 0.2) is 6.20 Å². The molecule has 0 saturated carbocycles. The first-order valence-electron chi connectivity index (χ1n) is 8.24. The number of pyridine rings is 1. The molecule has 1 aliphatic rings. The maximum atomic E-state index is 5.69. The zero-order chi connectivity index (χ0) is 16.6. The van der Waals surface area contributed by atoms with Crippen LogP contribution >= 0.6 is 0 Å². The molecule has 2 aromatic carbocycles. The number of rotatable bonds is 0. The van der Waals surface area contributed by atoms with Crippen LogP contribution in [0.5, 0.6) is 0 Å². The number of aromatic nitrogens is 1. The number of hydrogen-bond acceptors (Lipinski definition) is 2. The Hall–Kier alpha value is -2.81. The molecule has 0 unspecified atom stereocenters. The largest absolute Gasteiger partial charge is 0.464 e. The van der Waals surface area contributed by atoms with E-state index in [1.807, 2.05) is 0 Å². The molecule has 118 valence electrons. The topological polar surface area (TPSA) is 20.3 Å². The van der Waals surface area contributed by atoms with Gasteiger partial charge in [-0.05, 0) is 42.5 Å². The van der Waals surface area contributed by atoms with E-state index in [0.717, 1.165) is 5.58 Å². The SMILES string of the molecule is Cc1cc2c3c([n+](C)ccc3c1)-c1c(cc3occc3c1C)N2C. The molecule has 0 fully saturated rings. The lowest BCUT2D eigenvalue weighted by atomic mass is 9.90. The fourth-order valence-electron chi connectivity index (χ4n) is 4.15. The predicted octanol–water partition coefficient (Wildman–Crippen LogP) is 4.78. The highest BCUT2D eigenvalue weighted by Gasteiger charge is 2.31. The summed E-state index contributed by atoms with van der Waals surface area (Å²) in [6.45, 7) is 4.36. The third-order valence-corrected chi connectivity index (χ3v) is 5.32. The van der Waals surface area contributed by atoms with Gasteiger partial charge in [0.2, 0.25) is 5.69 Å².